The molecule has 9 heteroatoms. The van der Waals surface area contributed by atoms with Crippen LogP contribution in [0.25, 0.3) is 0 Å². The van der Waals surface area contributed by atoms with Gasteiger partial charge in [-0.2, -0.15) is 0 Å². The van der Waals surface area contributed by atoms with Gasteiger partial charge in [-0.25, -0.2) is 4.79 Å². The normalized spacial score (nSPS) is 31.8. The molecule has 0 aliphatic carbocycles. The molecule has 0 spiro atoms. The van der Waals surface area contributed by atoms with E-state index in [1.54, 1.807) is 12.1 Å². The minimum atomic E-state index is -2.14. The topological polar surface area (TPSA) is 81.7 Å². The number of carbonyl (C=O) groups is 1. The van der Waals surface area contributed by atoms with Crippen molar-refractivity contribution in [2.75, 3.05) is 6.61 Å². The third kappa shape index (κ3) is 7.01. The van der Waals surface area contributed by atoms with Gasteiger partial charge < -0.3 is 32.8 Å². The lowest BCUT2D eigenvalue weighted by molar-refractivity contribution is -0.202. The Balaban J connectivity index is 1.56. The summed E-state index contributed by atoms with van der Waals surface area (Å²) >= 11 is 0. The predicted octanol–water partition coefficient (Wildman–Crippen LogP) is 5.62. The van der Waals surface area contributed by atoms with Crippen LogP contribution in [0.1, 0.15) is 65.7 Å². The van der Waals surface area contributed by atoms with Crippen molar-refractivity contribution >= 4 is 14.3 Å². The Morgan fingerprint density at radius 1 is 1.00 bits per heavy atom. The van der Waals surface area contributed by atoms with Crippen LogP contribution in [0, 0.1) is 0 Å². The highest BCUT2D eigenvalue weighted by molar-refractivity contribution is 6.74. The zero-order chi connectivity index (χ0) is 28.8. The van der Waals surface area contributed by atoms with Crippen molar-refractivity contribution in [3.05, 3.63) is 48.0 Å². The second-order valence-electron chi connectivity index (χ2n) is 13.2. The average Bonchev–Trinajstić information content (AvgIpc) is 3.45. The molecule has 3 heterocycles. The summed E-state index contributed by atoms with van der Waals surface area (Å²) in [6, 6.07) is 8.99. The third-order valence-electron chi connectivity index (χ3n) is 8.01. The minimum absolute atomic E-state index is 0.00566. The van der Waals surface area contributed by atoms with Crippen LogP contribution in [-0.2, 0) is 32.8 Å². The molecule has 0 amide bonds. The molecule has 3 saturated heterocycles. The number of rotatable bonds is 8. The summed E-state index contributed by atoms with van der Waals surface area (Å²) in [7, 11) is -2.14. The van der Waals surface area contributed by atoms with E-state index in [1.165, 1.54) is 0 Å². The zero-order valence-corrected chi connectivity index (χ0v) is 26.1. The van der Waals surface area contributed by atoms with Crippen LogP contribution in [0.5, 0.6) is 0 Å². The van der Waals surface area contributed by atoms with Crippen molar-refractivity contribution in [1.29, 1.82) is 0 Å². The molecule has 0 saturated carbocycles. The smallest absolute Gasteiger partial charge is 0.338 e. The highest BCUT2D eigenvalue weighted by Gasteiger charge is 2.58. The molecular weight excluding hydrogens is 516 g/mol. The van der Waals surface area contributed by atoms with E-state index in [1.807, 2.05) is 65.0 Å². The number of carbonyl (C=O) groups excluding carboxylic acids is 1. The molecule has 4 rings (SSSR count). The van der Waals surface area contributed by atoms with E-state index in [0.29, 0.717) is 12.2 Å². The Morgan fingerprint density at radius 3 is 2.23 bits per heavy atom. The van der Waals surface area contributed by atoms with Gasteiger partial charge in [-0.1, -0.05) is 45.0 Å². The van der Waals surface area contributed by atoms with Crippen LogP contribution in [0.15, 0.2) is 42.5 Å². The molecule has 0 bridgehead atoms. The first kappa shape index (κ1) is 30.4. The van der Waals surface area contributed by atoms with Gasteiger partial charge in [-0.3, -0.25) is 0 Å². The van der Waals surface area contributed by atoms with Crippen LogP contribution in [0.2, 0.25) is 18.1 Å². The van der Waals surface area contributed by atoms with Crippen molar-refractivity contribution in [2.45, 2.75) is 128 Å². The first-order valence-electron chi connectivity index (χ1n) is 13.9. The van der Waals surface area contributed by atoms with Crippen molar-refractivity contribution < 1.29 is 37.6 Å². The second-order valence-corrected chi connectivity index (χ2v) is 18.0. The summed E-state index contributed by atoms with van der Waals surface area (Å²) in [5.41, 5.74) is 0.489. The maximum absolute atomic E-state index is 13.1. The fourth-order valence-corrected chi connectivity index (χ4v) is 6.40. The summed E-state index contributed by atoms with van der Waals surface area (Å²) in [6.45, 7) is 20.9. The number of hydrogen-bond donors (Lipinski definition) is 0. The first-order chi connectivity index (χ1) is 18.0. The lowest BCUT2D eigenvalue weighted by Gasteiger charge is -2.39. The summed E-state index contributed by atoms with van der Waals surface area (Å²) < 4.78 is 43.6. The predicted molar refractivity (Wildman–Crippen MR) is 150 cm³/mol. The van der Waals surface area contributed by atoms with Crippen LogP contribution < -0.4 is 0 Å². The summed E-state index contributed by atoms with van der Waals surface area (Å²) in [6.07, 6.45) is 1.06. The Hall–Kier alpha value is -1.59. The van der Waals surface area contributed by atoms with Crippen molar-refractivity contribution in [3.8, 4) is 0 Å². The standard InChI is InChI=1S/C30H46O8Si/c1-19(38-39(9,10)28(2,3)4)21(34-27(31)20-14-12-11-13-15-20)16-17-22-25-26(37-30(7,8)36-25)24(33-22)23-18-32-29(5,6)35-23/h11-17,19,21-26H,18H2,1-10H3/b17-16+/t19-,21+,22+,23-,24-,25-,26+/m1/s1. The number of ether oxygens (including phenoxy) is 6. The number of benzene rings is 1. The van der Waals surface area contributed by atoms with Gasteiger partial charge in [0.25, 0.3) is 0 Å². The molecule has 1 aromatic rings. The van der Waals surface area contributed by atoms with Gasteiger partial charge in [-0.05, 0) is 71.0 Å². The lowest BCUT2D eigenvalue weighted by atomic mass is 10.0. The maximum Gasteiger partial charge on any atom is 0.338 e. The van der Waals surface area contributed by atoms with Crippen LogP contribution >= 0.6 is 0 Å². The molecule has 3 aliphatic heterocycles. The van der Waals surface area contributed by atoms with E-state index >= 15 is 0 Å². The van der Waals surface area contributed by atoms with Gasteiger partial charge >= 0.3 is 5.97 Å². The fraction of sp³-hybridized carbons (Fsp3) is 0.700. The Kier molecular flexibility index (Phi) is 8.57. The van der Waals surface area contributed by atoms with E-state index < -0.39 is 38.1 Å². The van der Waals surface area contributed by atoms with Crippen LogP contribution in [-0.4, -0.2) is 75.2 Å². The van der Waals surface area contributed by atoms with Crippen molar-refractivity contribution in [1.82, 2.24) is 0 Å². The quantitative estimate of drug-likeness (QED) is 0.230. The van der Waals surface area contributed by atoms with E-state index in [9.17, 15) is 4.79 Å². The zero-order valence-electron chi connectivity index (χ0n) is 25.1. The molecule has 39 heavy (non-hydrogen) atoms. The van der Waals surface area contributed by atoms with Crippen LogP contribution in [0.4, 0.5) is 0 Å². The van der Waals surface area contributed by atoms with Gasteiger partial charge in [0.2, 0.25) is 0 Å². The van der Waals surface area contributed by atoms with Gasteiger partial charge in [-0.15, -0.1) is 0 Å². The molecule has 3 aliphatic rings. The monoisotopic (exact) mass is 562 g/mol. The molecule has 0 aromatic heterocycles. The SMILES string of the molecule is C[C@@H](O[Si](C)(C)C(C)(C)C)[C@H](/C=C/[C@@H]1O[C@H]([C@H]2COC(C)(C)O2)[C@@H]2OC(C)(C)O[C@@H]21)OC(=O)c1ccccc1. The highest BCUT2D eigenvalue weighted by atomic mass is 28.4. The molecule has 0 radical (unpaired) electrons. The summed E-state index contributed by atoms with van der Waals surface area (Å²) in [5, 5.41) is 0.00566. The van der Waals surface area contributed by atoms with Crippen molar-refractivity contribution in [3.63, 3.8) is 0 Å². The fourth-order valence-electron chi connectivity index (χ4n) is 4.98. The average molecular weight is 563 g/mol. The Bertz CT molecular complexity index is 1030. The molecule has 3 fully saturated rings. The van der Waals surface area contributed by atoms with Gasteiger partial charge in [0.05, 0.1) is 18.3 Å². The van der Waals surface area contributed by atoms with Crippen LogP contribution in [0.3, 0.4) is 0 Å². The first-order valence-corrected chi connectivity index (χ1v) is 16.8. The summed E-state index contributed by atoms with van der Waals surface area (Å²) in [5.74, 6) is -1.84. The van der Waals surface area contributed by atoms with E-state index in [4.69, 9.17) is 32.8 Å². The molecular formula is C30H46O8Si. The van der Waals surface area contributed by atoms with Crippen molar-refractivity contribution in [2.24, 2.45) is 0 Å². The van der Waals surface area contributed by atoms with Gasteiger partial charge in [0.15, 0.2) is 19.9 Å². The Morgan fingerprint density at radius 2 is 1.64 bits per heavy atom. The Labute approximate surface area is 234 Å². The maximum atomic E-state index is 13.1. The number of fused-ring (bicyclic) bond motifs is 1. The third-order valence-corrected chi connectivity index (χ3v) is 12.6. The molecule has 7 atom stereocenters. The molecule has 8 nitrogen and oxygen atoms in total. The van der Waals surface area contributed by atoms with E-state index in [0.717, 1.165) is 0 Å². The molecule has 0 N–H and O–H groups in total. The molecule has 218 valence electrons. The van der Waals surface area contributed by atoms with Gasteiger partial charge in [0, 0.05) is 0 Å². The highest BCUT2D eigenvalue weighted by Crippen LogP contribution is 2.43. The summed E-state index contributed by atoms with van der Waals surface area (Å²) in [4.78, 5) is 13.1. The van der Waals surface area contributed by atoms with Gasteiger partial charge in [0.1, 0.15) is 36.6 Å². The lowest BCUT2D eigenvalue weighted by Crippen LogP contribution is -2.46. The second kappa shape index (κ2) is 11.0. The number of esters is 1. The number of hydrogen-bond acceptors (Lipinski definition) is 8. The van der Waals surface area contributed by atoms with E-state index in [2.05, 4.69) is 33.9 Å². The molecule has 0 unspecified atom stereocenters. The molecule has 1 aromatic carbocycles. The minimum Gasteiger partial charge on any atom is -0.452 e. The largest absolute Gasteiger partial charge is 0.452 e. The van der Waals surface area contributed by atoms with E-state index in [-0.39, 0.29) is 35.6 Å².